The molecule has 0 saturated heterocycles. The maximum atomic E-state index is 11.5. The average Bonchev–Trinajstić information content (AvgIpc) is 3.06. The number of halogens is 3. The van der Waals surface area contributed by atoms with Crippen LogP contribution in [0.5, 0.6) is 0 Å². The molecule has 1 aromatic heterocycles. The third-order valence-corrected chi connectivity index (χ3v) is 5.25. The topological polar surface area (TPSA) is 94.8 Å². The maximum absolute atomic E-state index is 11.5. The largest absolute Gasteiger partial charge is 0.490 e. The van der Waals surface area contributed by atoms with Crippen molar-refractivity contribution in [2.75, 3.05) is 13.6 Å². The first kappa shape index (κ1) is 23.3. The number of amides is 1. The number of aliphatic carboxylic acids is 1. The van der Waals surface area contributed by atoms with Crippen LogP contribution in [-0.4, -0.2) is 51.4 Å². The minimum atomic E-state index is -5.08. The molecule has 32 heavy (non-hydrogen) atoms. The van der Waals surface area contributed by atoms with Crippen LogP contribution < -0.4 is 5.48 Å². The van der Waals surface area contributed by atoms with Gasteiger partial charge in [0.2, 0.25) is 0 Å². The normalized spacial score (nSPS) is 13.8. The van der Waals surface area contributed by atoms with Crippen LogP contribution in [0.25, 0.3) is 10.9 Å². The first-order chi connectivity index (χ1) is 15.1. The Kier molecular flexibility index (Phi) is 6.85. The smallest absolute Gasteiger partial charge is 0.475 e. The van der Waals surface area contributed by atoms with Crippen molar-refractivity contribution in [3.63, 3.8) is 0 Å². The van der Waals surface area contributed by atoms with Gasteiger partial charge < -0.3 is 14.6 Å². The summed E-state index contributed by atoms with van der Waals surface area (Å²) >= 11 is 0. The number of nitrogens with zero attached hydrogens (tertiary/aromatic N) is 2. The van der Waals surface area contributed by atoms with E-state index in [2.05, 4.69) is 40.8 Å². The van der Waals surface area contributed by atoms with E-state index in [4.69, 9.17) is 15.1 Å². The number of carbonyl (C=O) groups excluding carboxylic acids is 1. The van der Waals surface area contributed by atoms with E-state index in [1.165, 1.54) is 22.2 Å². The van der Waals surface area contributed by atoms with Crippen molar-refractivity contribution in [1.29, 1.82) is 0 Å². The zero-order chi connectivity index (χ0) is 23.5. The highest BCUT2D eigenvalue weighted by atomic mass is 19.4. The van der Waals surface area contributed by atoms with Crippen molar-refractivity contribution < 1.29 is 33.1 Å². The molecule has 10 heteroatoms. The number of likely N-dealkylation sites (N-methyl/N-ethyl adjacent to an activating group) is 1. The van der Waals surface area contributed by atoms with E-state index in [1.54, 1.807) is 17.6 Å². The van der Waals surface area contributed by atoms with Crippen LogP contribution in [0.15, 0.2) is 48.5 Å². The number of benzene rings is 2. The third-order valence-electron chi connectivity index (χ3n) is 5.25. The number of hydrogen-bond donors (Lipinski definition) is 3. The van der Waals surface area contributed by atoms with E-state index in [1.807, 2.05) is 12.1 Å². The Balaban J connectivity index is 0.000000360. The minimum Gasteiger partial charge on any atom is -0.475 e. The molecule has 4 rings (SSSR count). The minimum absolute atomic E-state index is 0.451. The molecule has 1 aliphatic heterocycles. The summed E-state index contributed by atoms with van der Waals surface area (Å²) in [6, 6.07) is 16.0. The van der Waals surface area contributed by atoms with Crippen LogP contribution in [0.1, 0.15) is 27.2 Å². The van der Waals surface area contributed by atoms with E-state index in [-0.39, 0.29) is 0 Å². The monoisotopic (exact) mass is 449 g/mol. The number of carbonyl (C=O) groups is 2. The third kappa shape index (κ3) is 5.09. The zero-order valence-electron chi connectivity index (χ0n) is 17.2. The fourth-order valence-corrected chi connectivity index (χ4v) is 3.73. The molecule has 0 saturated carbocycles. The number of para-hydroxylation sites is 1. The predicted molar refractivity (Wildman–Crippen MR) is 110 cm³/mol. The summed E-state index contributed by atoms with van der Waals surface area (Å²) in [5.41, 5.74) is 7.36. The van der Waals surface area contributed by atoms with Crippen molar-refractivity contribution in [1.82, 2.24) is 14.9 Å². The van der Waals surface area contributed by atoms with Gasteiger partial charge in [-0.1, -0.05) is 30.3 Å². The molecule has 0 spiro atoms. The van der Waals surface area contributed by atoms with Crippen molar-refractivity contribution in [2.24, 2.45) is 0 Å². The highest BCUT2D eigenvalue weighted by Gasteiger charge is 2.38. The lowest BCUT2D eigenvalue weighted by molar-refractivity contribution is -0.192. The fourth-order valence-electron chi connectivity index (χ4n) is 3.73. The van der Waals surface area contributed by atoms with Crippen LogP contribution >= 0.6 is 0 Å². The Morgan fingerprint density at radius 1 is 1.09 bits per heavy atom. The predicted octanol–water partition coefficient (Wildman–Crippen LogP) is 3.43. The molecular weight excluding hydrogens is 427 g/mol. The quantitative estimate of drug-likeness (QED) is 0.421. The number of rotatable bonds is 3. The number of carboxylic acid groups (broad SMARTS) is 1. The summed E-state index contributed by atoms with van der Waals surface area (Å²) in [4.78, 5) is 22.7. The molecule has 0 fully saturated rings. The van der Waals surface area contributed by atoms with Gasteiger partial charge in [-0.2, -0.15) is 13.2 Å². The highest BCUT2D eigenvalue weighted by Crippen LogP contribution is 2.31. The Hall–Kier alpha value is -3.37. The second-order valence-corrected chi connectivity index (χ2v) is 7.46. The Morgan fingerprint density at radius 2 is 1.72 bits per heavy atom. The molecule has 1 amide bonds. The van der Waals surface area contributed by atoms with Crippen LogP contribution in [-0.2, 0) is 24.3 Å². The van der Waals surface area contributed by atoms with E-state index >= 15 is 0 Å². The SMILES string of the molecule is CN1CCc2c(c3ccccc3n2Cc2ccc(C(=O)NO)cc2)C1.O=C(O)C(F)(F)F. The zero-order valence-corrected chi connectivity index (χ0v) is 17.2. The molecule has 3 aromatic rings. The van der Waals surface area contributed by atoms with Gasteiger partial charge in [-0.15, -0.1) is 0 Å². The van der Waals surface area contributed by atoms with Gasteiger partial charge in [-0.25, -0.2) is 10.3 Å². The first-order valence-corrected chi connectivity index (χ1v) is 9.72. The average molecular weight is 449 g/mol. The van der Waals surface area contributed by atoms with Gasteiger partial charge in [-0.3, -0.25) is 10.0 Å². The fraction of sp³-hybridized carbons (Fsp3) is 0.273. The number of hydroxylamine groups is 1. The molecule has 0 radical (unpaired) electrons. The molecule has 3 N–H and O–H groups in total. The Labute approximate surface area is 181 Å². The van der Waals surface area contributed by atoms with Crippen LogP contribution in [0.2, 0.25) is 0 Å². The lowest BCUT2D eigenvalue weighted by Crippen LogP contribution is -2.27. The van der Waals surface area contributed by atoms with E-state index < -0.39 is 18.1 Å². The molecule has 2 heterocycles. The summed E-state index contributed by atoms with van der Waals surface area (Å²) in [6.07, 6.45) is -4.04. The van der Waals surface area contributed by atoms with Crippen LogP contribution in [0.4, 0.5) is 13.2 Å². The Bertz CT molecular complexity index is 1120. The molecule has 2 aromatic carbocycles. The molecule has 170 valence electrons. The lowest BCUT2D eigenvalue weighted by atomic mass is 10.1. The van der Waals surface area contributed by atoms with Crippen molar-refractivity contribution in [2.45, 2.75) is 25.7 Å². The van der Waals surface area contributed by atoms with E-state index in [0.717, 1.165) is 31.6 Å². The van der Waals surface area contributed by atoms with Gasteiger partial charge in [0, 0.05) is 48.2 Å². The van der Waals surface area contributed by atoms with Gasteiger partial charge in [0.1, 0.15) is 0 Å². The lowest BCUT2D eigenvalue weighted by Gasteiger charge is -2.24. The number of alkyl halides is 3. The number of aromatic nitrogens is 1. The van der Waals surface area contributed by atoms with Gasteiger partial charge in [0.15, 0.2) is 0 Å². The second-order valence-electron chi connectivity index (χ2n) is 7.46. The highest BCUT2D eigenvalue weighted by molar-refractivity contribution is 5.93. The molecule has 0 atom stereocenters. The first-order valence-electron chi connectivity index (χ1n) is 9.72. The van der Waals surface area contributed by atoms with E-state index in [0.29, 0.717) is 5.56 Å². The van der Waals surface area contributed by atoms with Crippen LogP contribution in [0, 0.1) is 0 Å². The number of carboxylic acids is 1. The summed E-state index contributed by atoms with van der Waals surface area (Å²) in [7, 11) is 2.17. The molecule has 0 aliphatic carbocycles. The molecule has 0 unspecified atom stereocenters. The Morgan fingerprint density at radius 3 is 2.31 bits per heavy atom. The van der Waals surface area contributed by atoms with Gasteiger partial charge in [-0.05, 0) is 36.4 Å². The summed E-state index contributed by atoms with van der Waals surface area (Å²) in [5, 5.41) is 17.2. The molecular formula is C22H22F3N3O4. The van der Waals surface area contributed by atoms with Gasteiger partial charge >= 0.3 is 12.1 Å². The van der Waals surface area contributed by atoms with Crippen molar-refractivity contribution in [3.05, 3.63) is 70.9 Å². The van der Waals surface area contributed by atoms with Crippen molar-refractivity contribution in [3.8, 4) is 0 Å². The maximum Gasteiger partial charge on any atom is 0.490 e. The van der Waals surface area contributed by atoms with E-state index in [9.17, 15) is 18.0 Å². The second kappa shape index (κ2) is 9.41. The molecule has 1 aliphatic rings. The van der Waals surface area contributed by atoms with Crippen molar-refractivity contribution >= 4 is 22.8 Å². The number of nitrogens with one attached hydrogen (secondary N) is 1. The molecule has 7 nitrogen and oxygen atoms in total. The summed E-state index contributed by atoms with van der Waals surface area (Å²) in [5.74, 6) is -3.24. The number of fused-ring (bicyclic) bond motifs is 3. The standard InChI is InChI=1S/C20H21N3O2.C2HF3O2/c1-22-11-10-19-17(13-22)16-4-2-3-5-18(16)23(19)12-14-6-8-15(9-7-14)20(24)21-25;3-2(4,5)1(6)7/h2-9,25H,10-13H2,1H3,(H,21,24);(H,6,7). The summed E-state index contributed by atoms with van der Waals surface area (Å²) in [6.45, 7) is 2.83. The number of hydrogen-bond acceptors (Lipinski definition) is 4. The summed E-state index contributed by atoms with van der Waals surface area (Å²) < 4.78 is 34.1. The van der Waals surface area contributed by atoms with Gasteiger partial charge in [0.25, 0.3) is 5.91 Å². The molecule has 0 bridgehead atoms. The van der Waals surface area contributed by atoms with Crippen LogP contribution in [0.3, 0.4) is 0 Å². The van der Waals surface area contributed by atoms with Gasteiger partial charge in [0.05, 0.1) is 0 Å².